The van der Waals surface area contributed by atoms with Crippen molar-refractivity contribution in [2.75, 3.05) is 33.3 Å². The highest BCUT2D eigenvalue weighted by atomic mass is 32.2. The number of carbonyl (C=O) groups excluding carboxylic acids is 1. The Labute approximate surface area is 187 Å². The van der Waals surface area contributed by atoms with Gasteiger partial charge in [0.2, 0.25) is 10.0 Å². The average molecular weight is 479 g/mol. The van der Waals surface area contributed by atoms with E-state index in [1.807, 2.05) is 0 Å². The fourth-order valence-corrected chi connectivity index (χ4v) is 4.97. The molecule has 1 aliphatic heterocycles. The van der Waals surface area contributed by atoms with Crippen LogP contribution < -0.4 is 10.1 Å². The van der Waals surface area contributed by atoms with Gasteiger partial charge < -0.3 is 19.3 Å². The van der Waals surface area contributed by atoms with Crippen LogP contribution in [0, 0.1) is 11.6 Å². The van der Waals surface area contributed by atoms with E-state index in [4.69, 9.17) is 9.15 Å². The molecule has 0 radical (unpaired) electrons. The number of rotatable bonds is 4. The van der Waals surface area contributed by atoms with Gasteiger partial charge in [0.15, 0.2) is 17.4 Å². The lowest BCUT2D eigenvalue weighted by atomic mass is 10.2. The van der Waals surface area contributed by atoms with Crippen LogP contribution in [0.1, 0.15) is 10.6 Å². The Balaban J connectivity index is 1.55. The number of ether oxygens (including phenoxy) is 1. The van der Waals surface area contributed by atoms with E-state index in [0.29, 0.717) is 17.2 Å². The van der Waals surface area contributed by atoms with Crippen LogP contribution in [0.3, 0.4) is 0 Å². The lowest BCUT2D eigenvalue weighted by Gasteiger charge is -2.33. The van der Waals surface area contributed by atoms with Crippen molar-refractivity contribution in [2.24, 2.45) is 5.16 Å². The van der Waals surface area contributed by atoms with Crippen LogP contribution in [0.2, 0.25) is 0 Å². The minimum absolute atomic E-state index is 0.0407. The Bertz CT molecular complexity index is 1400. The van der Waals surface area contributed by atoms with Crippen molar-refractivity contribution in [3.05, 3.63) is 65.2 Å². The molecule has 0 atom stereocenters. The summed E-state index contributed by atoms with van der Waals surface area (Å²) < 4.78 is 64.1. The molecular weight excluding hydrogens is 460 g/mol. The van der Waals surface area contributed by atoms with Gasteiger partial charge in [-0.3, -0.25) is 4.79 Å². The first-order chi connectivity index (χ1) is 15.7. The Morgan fingerprint density at radius 3 is 2.42 bits per heavy atom. The number of piperazine rings is 1. The van der Waals surface area contributed by atoms with Crippen molar-refractivity contribution in [3.8, 4) is 5.75 Å². The molecule has 2 heterocycles. The molecule has 0 spiro atoms. The number of fused-ring (bicyclic) bond motifs is 1. The summed E-state index contributed by atoms with van der Waals surface area (Å²) in [5.74, 6) is -2.54. The number of nitrogens with zero attached hydrogens (tertiary/aromatic N) is 3. The zero-order valence-electron chi connectivity index (χ0n) is 17.4. The number of benzene rings is 2. The Morgan fingerprint density at radius 1 is 1.06 bits per heavy atom. The zero-order chi connectivity index (χ0) is 23.8. The summed E-state index contributed by atoms with van der Waals surface area (Å²) in [5.41, 5.74) is 0.271. The number of hydrogen-bond acceptors (Lipinski definition) is 7. The van der Waals surface area contributed by atoms with Crippen LogP contribution >= 0.6 is 0 Å². The van der Waals surface area contributed by atoms with Gasteiger partial charge in [0.1, 0.15) is 16.7 Å². The minimum Gasteiger partial charge on any atom is -0.497 e. The second kappa shape index (κ2) is 8.79. The van der Waals surface area contributed by atoms with Crippen molar-refractivity contribution in [2.45, 2.75) is 4.90 Å². The Kier molecular flexibility index (Phi) is 6.04. The van der Waals surface area contributed by atoms with Crippen molar-refractivity contribution < 1.29 is 36.4 Å². The van der Waals surface area contributed by atoms with Crippen molar-refractivity contribution in [1.82, 2.24) is 9.21 Å². The Hall–Kier alpha value is -3.51. The molecule has 1 saturated heterocycles. The molecule has 0 unspecified atom stereocenters. The molecule has 1 fully saturated rings. The van der Waals surface area contributed by atoms with E-state index in [1.54, 1.807) is 18.2 Å². The molecule has 33 heavy (non-hydrogen) atoms. The van der Waals surface area contributed by atoms with Gasteiger partial charge in [-0.25, -0.2) is 17.2 Å². The molecule has 0 saturated carbocycles. The van der Waals surface area contributed by atoms with E-state index in [0.717, 1.165) is 16.4 Å². The largest absolute Gasteiger partial charge is 0.497 e. The van der Waals surface area contributed by atoms with E-state index in [9.17, 15) is 27.2 Å². The smallest absolute Gasteiger partial charge is 0.289 e. The summed E-state index contributed by atoms with van der Waals surface area (Å²) in [7, 11) is -2.59. The number of halogens is 2. The van der Waals surface area contributed by atoms with Gasteiger partial charge >= 0.3 is 0 Å². The van der Waals surface area contributed by atoms with E-state index < -0.39 is 27.6 Å². The second-order valence-corrected chi connectivity index (χ2v) is 9.17. The fourth-order valence-electron chi connectivity index (χ4n) is 3.54. The molecule has 9 nitrogen and oxygen atoms in total. The van der Waals surface area contributed by atoms with Crippen LogP contribution in [0.5, 0.6) is 5.75 Å². The highest BCUT2D eigenvalue weighted by molar-refractivity contribution is 7.89. The molecule has 2 aromatic carbocycles. The van der Waals surface area contributed by atoms with Gasteiger partial charge in [-0.05, 0) is 30.3 Å². The van der Waals surface area contributed by atoms with Gasteiger partial charge in [0.25, 0.3) is 5.91 Å². The van der Waals surface area contributed by atoms with Gasteiger partial charge in [-0.2, -0.15) is 4.31 Å². The summed E-state index contributed by atoms with van der Waals surface area (Å²) in [6.45, 7) is -0.0184. The first-order valence-electron chi connectivity index (χ1n) is 9.79. The van der Waals surface area contributed by atoms with Crippen molar-refractivity contribution >= 4 is 26.9 Å². The van der Waals surface area contributed by atoms with Crippen molar-refractivity contribution in [3.63, 3.8) is 0 Å². The van der Waals surface area contributed by atoms with Crippen LogP contribution in [0.25, 0.3) is 11.0 Å². The molecule has 12 heteroatoms. The van der Waals surface area contributed by atoms with Crippen LogP contribution in [-0.4, -0.2) is 62.0 Å². The van der Waals surface area contributed by atoms with E-state index in [2.05, 4.69) is 5.16 Å². The maximum absolute atomic E-state index is 13.5. The van der Waals surface area contributed by atoms with Gasteiger partial charge in [0, 0.05) is 43.7 Å². The molecule has 4 rings (SSSR count). The normalized spacial score (nSPS) is 15.7. The van der Waals surface area contributed by atoms with Crippen LogP contribution in [-0.2, 0) is 10.0 Å². The lowest BCUT2D eigenvalue weighted by Crippen LogP contribution is -2.50. The third-order valence-corrected chi connectivity index (χ3v) is 7.22. The minimum atomic E-state index is -4.06. The average Bonchev–Trinajstić information content (AvgIpc) is 2.84. The standard InChI is InChI=1S/C21H19F2N3O6S/c1-31-13-2-4-15-18(24-28)12-20(32-19(15)10-13)21(27)25-6-8-26(9-7-25)33(29,30)14-3-5-16(22)17(23)11-14/h2-5,10-12,28H,6-9H2,1H3/b24-18-. The maximum atomic E-state index is 13.5. The van der Waals surface area contributed by atoms with E-state index in [1.165, 1.54) is 18.1 Å². The van der Waals surface area contributed by atoms with Gasteiger partial charge in [-0.1, -0.05) is 5.16 Å². The predicted octanol–water partition coefficient (Wildman–Crippen LogP) is 2.16. The first-order valence-corrected chi connectivity index (χ1v) is 11.2. The van der Waals surface area contributed by atoms with Crippen LogP contribution in [0.4, 0.5) is 8.78 Å². The quantitative estimate of drug-likeness (QED) is 0.453. The monoisotopic (exact) mass is 479 g/mol. The fraction of sp³-hybridized carbons (Fsp3) is 0.238. The van der Waals surface area contributed by atoms with E-state index >= 15 is 0 Å². The highest BCUT2D eigenvalue weighted by Crippen LogP contribution is 2.22. The topological polar surface area (TPSA) is 113 Å². The molecule has 1 aliphatic rings. The number of sulfonamides is 1. The third-order valence-electron chi connectivity index (χ3n) is 5.33. The lowest BCUT2D eigenvalue weighted by molar-refractivity contribution is 0.0666. The molecule has 1 amide bonds. The first kappa shape index (κ1) is 22.7. The van der Waals surface area contributed by atoms with Crippen LogP contribution in [0.15, 0.2) is 56.9 Å². The second-order valence-electron chi connectivity index (χ2n) is 7.23. The SMILES string of the molecule is COc1ccc2/c(=N\O)cc(C(=O)N3CCN(S(=O)(=O)c4ccc(F)c(F)c4)CC3)oc2c1. The highest BCUT2D eigenvalue weighted by Gasteiger charge is 2.31. The molecule has 0 aliphatic carbocycles. The summed E-state index contributed by atoms with van der Waals surface area (Å²) in [6, 6.07) is 8.50. The Morgan fingerprint density at radius 2 is 1.79 bits per heavy atom. The van der Waals surface area contributed by atoms with Crippen molar-refractivity contribution in [1.29, 1.82) is 0 Å². The summed E-state index contributed by atoms with van der Waals surface area (Å²) in [6.07, 6.45) is 0. The van der Waals surface area contributed by atoms with E-state index in [-0.39, 0.29) is 47.8 Å². The summed E-state index contributed by atoms with van der Waals surface area (Å²) in [4.78, 5) is 14.0. The molecule has 0 bridgehead atoms. The molecule has 3 aromatic rings. The molecule has 1 N–H and O–H groups in total. The summed E-state index contributed by atoms with van der Waals surface area (Å²) >= 11 is 0. The number of carbonyl (C=O) groups is 1. The zero-order valence-corrected chi connectivity index (χ0v) is 18.2. The van der Waals surface area contributed by atoms with Gasteiger partial charge in [0.05, 0.1) is 12.0 Å². The molecule has 174 valence electrons. The number of hydrogen-bond donors (Lipinski definition) is 1. The maximum Gasteiger partial charge on any atom is 0.289 e. The van der Waals surface area contributed by atoms with Gasteiger partial charge in [-0.15, -0.1) is 0 Å². The molecular formula is C21H19F2N3O6S. The molecule has 1 aromatic heterocycles. The predicted molar refractivity (Wildman–Crippen MR) is 111 cm³/mol. The number of amides is 1. The third kappa shape index (κ3) is 4.26. The number of methoxy groups -OCH3 is 1. The summed E-state index contributed by atoms with van der Waals surface area (Å²) in [5, 5.41) is 13.2.